The van der Waals surface area contributed by atoms with Gasteiger partial charge in [0.1, 0.15) is 0 Å². The Morgan fingerprint density at radius 2 is 0.805 bits per heavy atom. The highest BCUT2D eigenvalue weighted by atomic mass is 16.5. The molecule has 0 radical (unpaired) electrons. The summed E-state index contributed by atoms with van der Waals surface area (Å²) >= 11 is 0. The van der Waals surface area contributed by atoms with Crippen LogP contribution in [0, 0.1) is 0 Å². The van der Waals surface area contributed by atoms with Crippen LogP contribution < -0.4 is 30.2 Å². The normalized spacial score (nSPS) is 10.7. The van der Waals surface area contributed by atoms with Crippen molar-refractivity contribution >= 4 is 47.1 Å². The van der Waals surface area contributed by atoms with Crippen molar-refractivity contribution in [3.63, 3.8) is 0 Å². The van der Waals surface area contributed by atoms with E-state index in [0.717, 1.165) is 28.2 Å². The molecule has 3 N–H and O–H groups in total. The summed E-state index contributed by atoms with van der Waals surface area (Å²) in [7, 11) is 4.48. The van der Waals surface area contributed by atoms with E-state index in [1.165, 1.54) is 21.3 Å². The summed E-state index contributed by atoms with van der Waals surface area (Å²) in [5.41, 5.74) is 4.55. The van der Waals surface area contributed by atoms with E-state index >= 15 is 0 Å². The van der Waals surface area contributed by atoms with E-state index in [2.05, 4.69) is 45.9 Å². The van der Waals surface area contributed by atoms with Crippen molar-refractivity contribution in [1.82, 2.24) is 29.9 Å². The second-order valence-electron chi connectivity index (χ2n) is 8.42. The predicted octanol–water partition coefficient (Wildman–Crippen LogP) is 5.48. The number of ether oxygens (including phenoxy) is 3. The van der Waals surface area contributed by atoms with E-state index < -0.39 is 0 Å². The lowest BCUT2D eigenvalue weighted by Gasteiger charge is -2.10. The molecule has 0 saturated carbocycles. The fourth-order valence-electron chi connectivity index (χ4n) is 3.59. The summed E-state index contributed by atoms with van der Waals surface area (Å²) in [6, 6.07) is 25.9. The van der Waals surface area contributed by atoms with Crippen molar-refractivity contribution in [2.24, 2.45) is 0 Å². The van der Waals surface area contributed by atoms with Crippen molar-refractivity contribution in [3.8, 4) is 18.0 Å². The van der Waals surface area contributed by atoms with Gasteiger partial charge in [-0.15, -0.1) is 4.98 Å². The molecule has 12 heteroatoms. The largest absolute Gasteiger partial charge is 0.467 e. The summed E-state index contributed by atoms with van der Waals surface area (Å²) in [4.78, 5) is 25.4. The molecule has 2 heterocycles. The summed E-state index contributed by atoms with van der Waals surface area (Å²) in [5, 5.41) is 9.48. The Bertz CT molecular complexity index is 1590. The SMILES string of the molecule is COc1nc(Nc2ccccc2)nc(Nc2ccc(C=Cc3ccc(Nc4nc(OC)nc(OC)n4)cc3)cc2)n1. The number of anilines is 6. The lowest BCUT2D eigenvalue weighted by atomic mass is 10.1. The standard InChI is InChI=1S/C29H27N9O3/c1-39-27-34-24(30-21-7-5-4-6-8-21)33-25(35-27)31-22-15-11-19(12-16-22)9-10-20-13-17-23(18-14-20)32-26-36-28(40-2)38-29(37-26)41-3/h4-18H,1-3H3,(H,32,36,37,38)(H2,30,31,33,34,35). The monoisotopic (exact) mass is 549 g/mol. The Morgan fingerprint density at radius 1 is 0.439 bits per heavy atom. The highest BCUT2D eigenvalue weighted by Gasteiger charge is 2.09. The van der Waals surface area contributed by atoms with Gasteiger partial charge >= 0.3 is 18.0 Å². The van der Waals surface area contributed by atoms with Gasteiger partial charge in [-0.3, -0.25) is 0 Å². The summed E-state index contributed by atoms with van der Waals surface area (Å²) in [6.45, 7) is 0. The Labute approximate surface area is 236 Å². The van der Waals surface area contributed by atoms with E-state index in [9.17, 15) is 0 Å². The van der Waals surface area contributed by atoms with Crippen LogP contribution in [0.5, 0.6) is 18.0 Å². The van der Waals surface area contributed by atoms with Gasteiger partial charge in [0.05, 0.1) is 21.3 Å². The smallest absolute Gasteiger partial charge is 0.324 e. The van der Waals surface area contributed by atoms with Crippen LogP contribution in [0.15, 0.2) is 78.9 Å². The van der Waals surface area contributed by atoms with Gasteiger partial charge in [0, 0.05) is 17.1 Å². The molecular formula is C29H27N9O3. The second kappa shape index (κ2) is 12.8. The first-order valence-electron chi connectivity index (χ1n) is 12.5. The van der Waals surface area contributed by atoms with Gasteiger partial charge in [-0.25, -0.2) is 0 Å². The highest BCUT2D eigenvalue weighted by molar-refractivity contribution is 5.72. The zero-order valence-electron chi connectivity index (χ0n) is 22.6. The summed E-state index contributed by atoms with van der Waals surface area (Å²) in [5.74, 6) is 1.06. The van der Waals surface area contributed by atoms with Crippen molar-refractivity contribution in [2.75, 3.05) is 37.3 Å². The van der Waals surface area contributed by atoms with Crippen LogP contribution in [0.3, 0.4) is 0 Å². The Morgan fingerprint density at radius 3 is 1.22 bits per heavy atom. The first-order chi connectivity index (χ1) is 20.1. The van der Waals surface area contributed by atoms with Crippen molar-refractivity contribution in [3.05, 3.63) is 90.0 Å². The molecule has 0 unspecified atom stereocenters. The lowest BCUT2D eigenvalue weighted by molar-refractivity contribution is 0.341. The molecule has 0 spiro atoms. The number of para-hydroxylation sites is 1. The third-order valence-corrected chi connectivity index (χ3v) is 5.59. The fourth-order valence-corrected chi connectivity index (χ4v) is 3.59. The van der Waals surface area contributed by atoms with Gasteiger partial charge < -0.3 is 30.2 Å². The molecule has 0 aliphatic rings. The van der Waals surface area contributed by atoms with Crippen molar-refractivity contribution in [2.45, 2.75) is 0 Å². The molecule has 0 atom stereocenters. The van der Waals surface area contributed by atoms with E-state index in [1.54, 1.807) is 0 Å². The number of methoxy groups -OCH3 is 3. The molecule has 5 aromatic rings. The van der Waals surface area contributed by atoms with Crippen LogP contribution in [-0.2, 0) is 0 Å². The number of hydrogen-bond acceptors (Lipinski definition) is 12. The van der Waals surface area contributed by atoms with Crippen LogP contribution >= 0.6 is 0 Å². The topological polar surface area (TPSA) is 141 Å². The van der Waals surface area contributed by atoms with Gasteiger partial charge in [-0.2, -0.15) is 24.9 Å². The number of benzene rings is 3. The van der Waals surface area contributed by atoms with Crippen LogP contribution in [0.1, 0.15) is 11.1 Å². The average Bonchev–Trinajstić information content (AvgIpc) is 3.01. The Balaban J connectivity index is 1.21. The van der Waals surface area contributed by atoms with E-state index in [1.807, 2.05) is 91.0 Å². The summed E-state index contributed by atoms with van der Waals surface area (Å²) in [6.07, 6.45) is 4.06. The highest BCUT2D eigenvalue weighted by Crippen LogP contribution is 2.21. The third kappa shape index (κ3) is 7.41. The van der Waals surface area contributed by atoms with Crippen LogP contribution in [0.4, 0.5) is 34.9 Å². The van der Waals surface area contributed by atoms with Gasteiger partial charge in [0.2, 0.25) is 17.8 Å². The van der Waals surface area contributed by atoms with E-state index in [0.29, 0.717) is 17.8 Å². The number of rotatable bonds is 11. The fraction of sp³-hybridized carbons (Fsp3) is 0.103. The summed E-state index contributed by atoms with van der Waals surface area (Å²) < 4.78 is 15.4. The Hall–Kier alpha value is -5.78. The molecule has 3 aromatic carbocycles. The average molecular weight is 550 g/mol. The van der Waals surface area contributed by atoms with Crippen LogP contribution in [-0.4, -0.2) is 51.2 Å². The minimum absolute atomic E-state index is 0.165. The van der Waals surface area contributed by atoms with Crippen molar-refractivity contribution < 1.29 is 14.2 Å². The predicted molar refractivity (Wildman–Crippen MR) is 157 cm³/mol. The first-order valence-corrected chi connectivity index (χ1v) is 12.5. The van der Waals surface area contributed by atoms with E-state index in [4.69, 9.17) is 14.2 Å². The molecule has 41 heavy (non-hydrogen) atoms. The molecule has 206 valence electrons. The minimum atomic E-state index is 0.165. The zero-order chi connectivity index (χ0) is 28.4. The van der Waals surface area contributed by atoms with Crippen LogP contribution in [0.25, 0.3) is 12.2 Å². The molecule has 0 fully saturated rings. The van der Waals surface area contributed by atoms with Gasteiger partial charge in [0.25, 0.3) is 0 Å². The third-order valence-electron chi connectivity index (χ3n) is 5.59. The molecule has 0 amide bonds. The maximum absolute atomic E-state index is 5.25. The lowest BCUT2D eigenvalue weighted by Crippen LogP contribution is -2.05. The van der Waals surface area contributed by atoms with Gasteiger partial charge in [0.15, 0.2) is 0 Å². The molecular weight excluding hydrogens is 522 g/mol. The van der Waals surface area contributed by atoms with Crippen molar-refractivity contribution in [1.29, 1.82) is 0 Å². The molecule has 0 saturated heterocycles. The molecule has 0 aliphatic heterocycles. The number of nitrogens with one attached hydrogen (secondary N) is 3. The number of nitrogens with zero attached hydrogens (tertiary/aromatic N) is 6. The molecule has 0 bridgehead atoms. The second-order valence-corrected chi connectivity index (χ2v) is 8.42. The maximum atomic E-state index is 5.25. The van der Waals surface area contributed by atoms with Gasteiger partial charge in [-0.05, 0) is 47.5 Å². The molecule has 5 rings (SSSR count). The van der Waals surface area contributed by atoms with E-state index in [-0.39, 0.29) is 18.0 Å². The number of aromatic nitrogens is 6. The molecule has 0 aliphatic carbocycles. The van der Waals surface area contributed by atoms with Gasteiger partial charge in [-0.1, -0.05) is 54.6 Å². The van der Waals surface area contributed by atoms with Crippen LogP contribution in [0.2, 0.25) is 0 Å². The minimum Gasteiger partial charge on any atom is -0.467 e. The quantitative estimate of drug-likeness (QED) is 0.180. The first kappa shape index (κ1) is 26.8. The number of hydrogen-bond donors (Lipinski definition) is 3. The molecule has 2 aromatic heterocycles. The zero-order valence-corrected chi connectivity index (χ0v) is 22.6. The maximum Gasteiger partial charge on any atom is 0.324 e. The Kier molecular flexibility index (Phi) is 8.40. The molecule has 12 nitrogen and oxygen atoms in total.